The number of fused-ring (bicyclic) bond motifs is 9. The number of nitrogens with one attached hydrogen (secondary N) is 4. The zero-order valence-corrected chi connectivity index (χ0v) is 29.5. The molecule has 5 aromatic carbocycles. The van der Waals surface area contributed by atoms with Crippen LogP contribution in [-0.2, 0) is 10.2 Å². The molecular weight excluding hydrogens is 651 g/mol. The van der Waals surface area contributed by atoms with Crippen LogP contribution in [0.1, 0.15) is 34.7 Å². The number of allylic oxidation sites excluding steroid dienone is 4. The van der Waals surface area contributed by atoms with Gasteiger partial charge in [0.1, 0.15) is 17.4 Å². The van der Waals surface area contributed by atoms with Gasteiger partial charge >= 0.3 is 0 Å². The summed E-state index contributed by atoms with van der Waals surface area (Å²) in [5.74, 6) is 2.42. The Morgan fingerprint density at radius 2 is 1.53 bits per heavy atom. The average Bonchev–Trinajstić information content (AvgIpc) is 3.82. The Bertz CT molecular complexity index is 2470. The van der Waals surface area contributed by atoms with Crippen molar-refractivity contribution < 1.29 is 4.74 Å². The minimum Gasteiger partial charge on any atom is -0.460 e. The van der Waals surface area contributed by atoms with Gasteiger partial charge in [-0.15, -0.1) is 0 Å². The van der Waals surface area contributed by atoms with Gasteiger partial charge in [0.05, 0.1) is 11.5 Å². The van der Waals surface area contributed by atoms with E-state index in [1.54, 1.807) is 0 Å². The quantitative estimate of drug-likeness (QED) is 0.0454. The zero-order chi connectivity index (χ0) is 35.5. The lowest BCUT2D eigenvalue weighted by atomic mass is 9.64. The van der Waals surface area contributed by atoms with Gasteiger partial charge in [-0.25, -0.2) is 0 Å². The lowest BCUT2D eigenvalue weighted by molar-refractivity contribution is 0.277. The standard InChI is InChI=1S/C47H39N5O/c1-30(31-11-4-2-5-12-31)23-36(32-13-6-3-7-14-32)26-50-51-46(48)35-16-10-15-33(24-35)34-19-20-38-37-17-8-9-18-39(37)47(40(38)25-34)41-27-49-22-21-44(41)53-45-42(47)28-52-29-43(45)52/h2-26,43,49-50H,27-29H2,1H3,(H2,48,51)/b30-23+,36-26+. The number of ether oxygens (including phenoxy) is 1. The van der Waals surface area contributed by atoms with Crippen LogP contribution in [0.15, 0.2) is 175 Å². The largest absolute Gasteiger partial charge is 0.460 e. The fraction of sp³-hybridized carbons (Fsp3) is 0.128. The molecule has 1 saturated heterocycles. The van der Waals surface area contributed by atoms with E-state index in [2.05, 4.69) is 131 Å². The second-order valence-corrected chi connectivity index (χ2v) is 14.4. The summed E-state index contributed by atoms with van der Waals surface area (Å²) < 4.78 is 6.70. The summed E-state index contributed by atoms with van der Waals surface area (Å²) in [5.41, 5.74) is 21.3. The maximum absolute atomic E-state index is 9.02. The van der Waals surface area contributed by atoms with Crippen LogP contribution in [0.2, 0.25) is 0 Å². The van der Waals surface area contributed by atoms with E-state index < -0.39 is 0 Å². The summed E-state index contributed by atoms with van der Waals surface area (Å²) in [7, 11) is 0. The highest BCUT2D eigenvalue weighted by molar-refractivity contribution is 5.97. The molecule has 53 heavy (non-hydrogen) atoms. The molecule has 4 heterocycles. The first-order valence-corrected chi connectivity index (χ1v) is 18.3. The Labute approximate surface area is 310 Å². The molecule has 258 valence electrons. The van der Waals surface area contributed by atoms with Crippen molar-refractivity contribution in [1.29, 1.82) is 5.41 Å². The number of rotatable bonds is 7. The molecule has 3 unspecified atom stereocenters. The van der Waals surface area contributed by atoms with Crippen molar-refractivity contribution in [3.05, 3.63) is 202 Å². The van der Waals surface area contributed by atoms with Crippen LogP contribution in [-0.4, -0.2) is 36.4 Å². The Hall–Kier alpha value is -6.37. The maximum atomic E-state index is 9.02. The molecule has 5 aliphatic rings. The van der Waals surface area contributed by atoms with Crippen molar-refractivity contribution >= 4 is 17.0 Å². The summed E-state index contributed by atoms with van der Waals surface area (Å²) in [6, 6.07) is 45.2. The van der Waals surface area contributed by atoms with Crippen LogP contribution in [0.4, 0.5) is 0 Å². The van der Waals surface area contributed by atoms with E-state index >= 15 is 0 Å². The molecule has 0 bridgehead atoms. The average molecular weight is 690 g/mol. The van der Waals surface area contributed by atoms with Crippen molar-refractivity contribution in [1.82, 2.24) is 21.1 Å². The van der Waals surface area contributed by atoms with E-state index in [0.29, 0.717) is 6.04 Å². The minimum atomic E-state index is -0.387. The highest BCUT2D eigenvalue weighted by Crippen LogP contribution is 2.63. The van der Waals surface area contributed by atoms with Gasteiger partial charge in [0.15, 0.2) is 0 Å². The Morgan fingerprint density at radius 3 is 2.38 bits per heavy atom. The van der Waals surface area contributed by atoms with Crippen molar-refractivity contribution in [2.75, 3.05) is 19.6 Å². The molecule has 1 fully saturated rings. The van der Waals surface area contributed by atoms with Crippen molar-refractivity contribution in [2.45, 2.75) is 18.4 Å². The predicted molar refractivity (Wildman–Crippen MR) is 213 cm³/mol. The van der Waals surface area contributed by atoms with Crippen LogP contribution in [0.5, 0.6) is 0 Å². The molecular formula is C47H39N5O. The van der Waals surface area contributed by atoms with E-state index in [9.17, 15) is 0 Å². The lowest BCUT2D eigenvalue weighted by Crippen LogP contribution is -2.41. The van der Waals surface area contributed by atoms with Gasteiger partial charge in [0.25, 0.3) is 0 Å². The smallest absolute Gasteiger partial charge is 0.144 e. The molecule has 1 spiro atoms. The number of hydrazine groups is 1. The molecule has 3 atom stereocenters. The zero-order valence-electron chi connectivity index (χ0n) is 29.5. The van der Waals surface area contributed by atoms with Gasteiger partial charge in [-0.1, -0.05) is 115 Å². The second-order valence-electron chi connectivity index (χ2n) is 14.4. The fourth-order valence-corrected chi connectivity index (χ4v) is 8.79. The van der Waals surface area contributed by atoms with Gasteiger partial charge in [0.2, 0.25) is 0 Å². The summed E-state index contributed by atoms with van der Waals surface area (Å²) in [5, 5.41) is 12.5. The molecule has 0 saturated carbocycles. The molecule has 4 aliphatic heterocycles. The normalized spacial score (nSPS) is 21.9. The van der Waals surface area contributed by atoms with Crippen molar-refractivity contribution in [2.24, 2.45) is 0 Å². The van der Waals surface area contributed by atoms with Gasteiger partial charge in [-0.3, -0.25) is 15.7 Å². The molecule has 5 aromatic rings. The van der Waals surface area contributed by atoms with Crippen LogP contribution < -0.4 is 16.2 Å². The van der Waals surface area contributed by atoms with Gasteiger partial charge in [-0.2, -0.15) is 0 Å². The number of nitrogens with zero attached hydrogens (tertiary/aromatic N) is 1. The molecule has 0 amide bonds. The van der Waals surface area contributed by atoms with Crippen LogP contribution in [0.25, 0.3) is 33.4 Å². The summed E-state index contributed by atoms with van der Waals surface area (Å²) in [6.07, 6.45) is 8.22. The first-order chi connectivity index (χ1) is 26.1. The van der Waals surface area contributed by atoms with E-state index in [1.165, 1.54) is 39.0 Å². The minimum absolute atomic E-state index is 0.289. The topological polar surface area (TPSA) is 72.2 Å². The van der Waals surface area contributed by atoms with Gasteiger partial charge in [0, 0.05) is 48.7 Å². The predicted octanol–water partition coefficient (Wildman–Crippen LogP) is 8.54. The number of amidine groups is 1. The third-order valence-electron chi connectivity index (χ3n) is 11.4. The number of hydrogen-bond acceptors (Lipinski definition) is 5. The number of dihydropyridines is 1. The maximum Gasteiger partial charge on any atom is 0.144 e. The highest BCUT2D eigenvalue weighted by atomic mass is 16.5. The van der Waals surface area contributed by atoms with E-state index in [0.717, 1.165) is 64.6 Å². The van der Waals surface area contributed by atoms with Crippen molar-refractivity contribution in [3.8, 4) is 22.3 Å². The van der Waals surface area contributed by atoms with Gasteiger partial charge < -0.3 is 15.5 Å². The first kappa shape index (κ1) is 31.4. The van der Waals surface area contributed by atoms with Crippen LogP contribution in [0.3, 0.4) is 0 Å². The Kier molecular flexibility index (Phi) is 7.34. The number of hydrogen-bond donors (Lipinski definition) is 4. The van der Waals surface area contributed by atoms with Crippen molar-refractivity contribution in [3.63, 3.8) is 0 Å². The molecule has 0 radical (unpaired) electrons. The highest BCUT2D eigenvalue weighted by Gasteiger charge is 2.60. The molecule has 10 rings (SSSR count). The van der Waals surface area contributed by atoms with Crippen LogP contribution in [0, 0.1) is 5.41 Å². The van der Waals surface area contributed by atoms with Gasteiger partial charge in [-0.05, 0) is 86.9 Å². The third-order valence-corrected chi connectivity index (χ3v) is 11.4. The molecule has 6 nitrogen and oxygen atoms in total. The summed E-state index contributed by atoms with van der Waals surface area (Å²) in [4.78, 5) is 2.52. The summed E-state index contributed by atoms with van der Waals surface area (Å²) >= 11 is 0. The number of benzene rings is 5. The lowest BCUT2D eigenvalue weighted by Gasteiger charge is -2.42. The molecule has 6 heteroatoms. The van der Waals surface area contributed by atoms with E-state index in [-0.39, 0.29) is 11.3 Å². The third kappa shape index (κ3) is 5.09. The van der Waals surface area contributed by atoms with E-state index in [1.807, 2.05) is 48.8 Å². The molecule has 4 N–H and O–H groups in total. The van der Waals surface area contributed by atoms with Crippen LogP contribution >= 0.6 is 0 Å². The fourth-order valence-electron chi connectivity index (χ4n) is 8.79. The second kappa shape index (κ2) is 12.4. The SMILES string of the molecule is C/C(=C\C(=C/NNC(=N)c1cccc(-c2ccc3c(c2)C2(C4=C(C=CNC4)OC4=C2CN2CC42)c2ccccc2-3)c1)c1ccccc1)c1ccccc1. The Balaban J connectivity index is 0.980. The summed E-state index contributed by atoms with van der Waals surface area (Å²) in [6.45, 7) is 4.85. The molecule has 1 aliphatic carbocycles. The monoisotopic (exact) mass is 689 g/mol. The Morgan fingerprint density at radius 1 is 0.792 bits per heavy atom. The molecule has 0 aromatic heterocycles. The van der Waals surface area contributed by atoms with E-state index in [4.69, 9.17) is 10.1 Å². The first-order valence-electron chi connectivity index (χ1n) is 18.3.